The van der Waals surface area contributed by atoms with Crippen LogP contribution in [0.3, 0.4) is 0 Å². The molecule has 7 aromatic carbocycles. The van der Waals surface area contributed by atoms with Gasteiger partial charge in [-0.25, -0.2) is 0 Å². The summed E-state index contributed by atoms with van der Waals surface area (Å²) in [7, 11) is 0. The molecule has 5 heterocycles. The Balaban J connectivity index is 1.37. The molecule has 0 bridgehead atoms. The van der Waals surface area contributed by atoms with Crippen LogP contribution in [0.15, 0.2) is 133 Å². The summed E-state index contributed by atoms with van der Waals surface area (Å²) in [5, 5.41) is 5.25. The van der Waals surface area contributed by atoms with E-state index < -0.39 is 0 Å². The van der Waals surface area contributed by atoms with E-state index in [4.69, 9.17) is 0 Å². The van der Waals surface area contributed by atoms with Gasteiger partial charge in [-0.1, -0.05) is 171 Å². The maximum absolute atomic E-state index is 2.72. The fourth-order valence-electron chi connectivity index (χ4n) is 12.7. The Morgan fingerprint density at radius 1 is 0.370 bits per heavy atom. The molecule has 0 aliphatic carbocycles. The molecule has 0 N–H and O–H groups in total. The van der Waals surface area contributed by atoms with Gasteiger partial charge in [-0.15, -0.1) is 0 Å². The van der Waals surface area contributed by atoms with Crippen LogP contribution in [0.2, 0.25) is 0 Å². The zero-order valence-corrected chi connectivity index (χ0v) is 46.6. The average molecular weight is 957 g/mol. The number of hydrogen-bond donors (Lipinski definition) is 0. The molecule has 2 aliphatic heterocycles. The van der Waals surface area contributed by atoms with Gasteiger partial charge in [-0.3, -0.25) is 0 Å². The number of hydrogen-bond acceptors (Lipinski definition) is 2. The third kappa shape index (κ3) is 6.93. The van der Waals surface area contributed by atoms with Gasteiger partial charge in [0.2, 0.25) is 0 Å². The van der Waals surface area contributed by atoms with Gasteiger partial charge in [0, 0.05) is 55.7 Å². The number of benzene rings is 7. The lowest BCUT2D eigenvalue weighted by molar-refractivity contribution is 0.590. The second-order valence-corrected chi connectivity index (χ2v) is 26.8. The molecule has 4 nitrogen and oxygen atoms in total. The quantitative estimate of drug-likeness (QED) is 0.164. The molecule has 2 aliphatic rings. The van der Waals surface area contributed by atoms with Crippen LogP contribution in [-0.2, 0) is 27.1 Å². The fourth-order valence-corrected chi connectivity index (χ4v) is 12.7. The lowest BCUT2D eigenvalue weighted by Crippen LogP contribution is -2.62. The van der Waals surface area contributed by atoms with Crippen molar-refractivity contribution in [3.8, 4) is 5.69 Å². The van der Waals surface area contributed by atoms with Gasteiger partial charge < -0.3 is 18.8 Å². The molecule has 0 radical (unpaired) electrons. The fraction of sp³-hybridized carbons (Fsp3) is 0.324. The van der Waals surface area contributed by atoms with Crippen molar-refractivity contribution < 1.29 is 0 Å². The molecule has 0 amide bonds. The van der Waals surface area contributed by atoms with Crippen LogP contribution in [0.25, 0.3) is 43.8 Å². The number of aromatic nitrogens is 2. The third-order valence-electron chi connectivity index (χ3n) is 16.8. The molecule has 0 saturated heterocycles. The molecule has 368 valence electrons. The second kappa shape index (κ2) is 15.4. The highest BCUT2D eigenvalue weighted by Gasteiger charge is 2.49. The molecule has 0 atom stereocenters. The highest BCUT2D eigenvalue weighted by atomic mass is 15.2. The molecule has 0 spiro atoms. The SMILES string of the molecule is Cc1c2c(c(C)n1-c1ccccc1)N(c1ccc(C(C)(C)C)cc1)c1c3c(c4c5cc(C(C)(C)C)ccc5n5c6ccc(C(C)(C)C)cc6c1c45)N(c1ccc(C(C)(C)C)cc1)c1ccc(C(C)(C)C)cc1B32. The molecule has 0 fully saturated rings. The Morgan fingerprint density at radius 2 is 0.795 bits per heavy atom. The van der Waals surface area contributed by atoms with Crippen molar-refractivity contribution in [2.24, 2.45) is 0 Å². The van der Waals surface area contributed by atoms with E-state index in [-0.39, 0.29) is 33.8 Å². The van der Waals surface area contributed by atoms with Crippen molar-refractivity contribution in [2.45, 2.75) is 145 Å². The number of para-hydroxylation sites is 1. The number of nitrogens with zero attached hydrogens (tertiary/aromatic N) is 4. The molecule has 73 heavy (non-hydrogen) atoms. The summed E-state index contributed by atoms with van der Waals surface area (Å²) in [4.78, 5) is 5.40. The summed E-state index contributed by atoms with van der Waals surface area (Å²) in [5.74, 6) is 0. The van der Waals surface area contributed by atoms with E-state index in [1.165, 1.54) is 134 Å². The van der Waals surface area contributed by atoms with Crippen molar-refractivity contribution >= 4 is 95.3 Å². The zero-order valence-electron chi connectivity index (χ0n) is 46.6. The topological polar surface area (TPSA) is 15.8 Å². The van der Waals surface area contributed by atoms with Crippen molar-refractivity contribution in [1.29, 1.82) is 0 Å². The van der Waals surface area contributed by atoms with Gasteiger partial charge in [0.15, 0.2) is 0 Å². The van der Waals surface area contributed by atoms with Crippen LogP contribution >= 0.6 is 0 Å². The second-order valence-electron chi connectivity index (χ2n) is 26.8. The lowest BCUT2D eigenvalue weighted by atomic mass is 9.33. The zero-order chi connectivity index (χ0) is 51.8. The minimum atomic E-state index is -0.0872. The van der Waals surface area contributed by atoms with Crippen molar-refractivity contribution in [3.05, 3.63) is 173 Å². The van der Waals surface area contributed by atoms with Gasteiger partial charge in [-0.2, -0.15) is 0 Å². The number of rotatable bonds is 3. The highest BCUT2D eigenvalue weighted by Crippen LogP contribution is 2.56. The molecule has 0 unspecified atom stereocenters. The van der Waals surface area contributed by atoms with Crippen LogP contribution in [0.5, 0.6) is 0 Å². The minimum absolute atomic E-state index is 0.00136. The molecular formula is C68H73BN4. The van der Waals surface area contributed by atoms with Crippen LogP contribution in [0.4, 0.5) is 34.1 Å². The van der Waals surface area contributed by atoms with E-state index in [0.717, 1.165) is 0 Å². The monoisotopic (exact) mass is 957 g/mol. The lowest BCUT2D eigenvalue weighted by Gasteiger charge is -2.45. The summed E-state index contributed by atoms with van der Waals surface area (Å²) in [6.07, 6.45) is 0. The van der Waals surface area contributed by atoms with Crippen molar-refractivity contribution in [1.82, 2.24) is 8.97 Å². The number of anilines is 6. The van der Waals surface area contributed by atoms with Crippen LogP contribution < -0.4 is 26.2 Å². The Bertz CT molecular complexity index is 3870. The summed E-state index contributed by atoms with van der Waals surface area (Å²) in [6, 6.07) is 52.4. The smallest absolute Gasteiger partial charge is 0.254 e. The first kappa shape index (κ1) is 47.3. The first-order chi connectivity index (χ1) is 34.2. The van der Waals surface area contributed by atoms with Gasteiger partial charge in [0.05, 0.1) is 33.6 Å². The normalized spacial score (nSPS) is 14.3. The Labute approximate surface area is 435 Å². The first-order valence-electron chi connectivity index (χ1n) is 26.8. The maximum Gasteiger partial charge on any atom is 0.254 e. The van der Waals surface area contributed by atoms with Crippen molar-refractivity contribution in [3.63, 3.8) is 0 Å². The molecular weight excluding hydrogens is 884 g/mol. The van der Waals surface area contributed by atoms with Crippen LogP contribution in [0.1, 0.15) is 143 Å². The molecule has 5 heteroatoms. The third-order valence-corrected chi connectivity index (χ3v) is 16.8. The summed E-state index contributed by atoms with van der Waals surface area (Å²) >= 11 is 0. The van der Waals surface area contributed by atoms with E-state index in [9.17, 15) is 0 Å². The largest absolute Gasteiger partial charge is 0.317 e. The average Bonchev–Trinajstić information content (AvgIpc) is 3.94. The predicted octanol–water partition coefficient (Wildman–Crippen LogP) is 16.8. The van der Waals surface area contributed by atoms with E-state index in [1.807, 2.05) is 0 Å². The molecule has 10 aromatic rings. The van der Waals surface area contributed by atoms with Gasteiger partial charge in [0.25, 0.3) is 6.71 Å². The molecule has 12 rings (SSSR count). The van der Waals surface area contributed by atoms with E-state index in [1.54, 1.807) is 0 Å². The highest BCUT2D eigenvalue weighted by molar-refractivity contribution is 7.01. The molecule has 0 saturated carbocycles. The summed E-state index contributed by atoms with van der Waals surface area (Å²) in [5.41, 5.74) is 25.5. The summed E-state index contributed by atoms with van der Waals surface area (Å²) < 4.78 is 5.19. The minimum Gasteiger partial charge on any atom is -0.317 e. The van der Waals surface area contributed by atoms with E-state index in [0.29, 0.717) is 0 Å². The van der Waals surface area contributed by atoms with E-state index in [2.05, 4.69) is 270 Å². The first-order valence-corrected chi connectivity index (χ1v) is 26.8. The Hall–Kier alpha value is -6.72. The van der Waals surface area contributed by atoms with Crippen LogP contribution in [0, 0.1) is 13.8 Å². The standard InChI is InChI=1S/C68H73BN4/c1-40-58-60(41(2)70(40)47-21-19-18-20-22-47)72(49-32-25-43(26-33-49)65(6,7)8)63-57-51-38-45(67(12,13)14)28-35-54(51)73-53-34-27-44(66(9,10)11)37-50(53)56(61(57)73)62-59(63)69(58)52-39-46(68(15,16)17)29-36-55(52)71(62)48-30-23-42(24-31-48)64(3,4)5/h18-39H,1-17H3. The molecule has 3 aromatic heterocycles. The number of fused-ring (bicyclic) bond motifs is 12. The van der Waals surface area contributed by atoms with Gasteiger partial charge in [-0.05, 0) is 152 Å². The Morgan fingerprint density at radius 3 is 1.27 bits per heavy atom. The maximum atomic E-state index is 2.72. The summed E-state index contributed by atoms with van der Waals surface area (Å²) in [6.45, 7) is 39.8. The Kier molecular flexibility index (Phi) is 9.99. The van der Waals surface area contributed by atoms with Crippen LogP contribution in [-0.4, -0.2) is 15.7 Å². The predicted molar refractivity (Wildman–Crippen MR) is 317 cm³/mol. The van der Waals surface area contributed by atoms with E-state index >= 15 is 0 Å². The van der Waals surface area contributed by atoms with Gasteiger partial charge >= 0.3 is 0 Å². The van der Waals surface area contributed by atoms with Crippen molar-refractivity contribution in [2.75, 3.05) is 9.80 Å². The van der Waals surface area contributed by atoms with Gasteiger partial charge in [0.1, 0.15) is 0 Å².